The van der Waals surface area contributed by atoms with E-state index in [-0.39, 0.29) is 0 Å². The molecule has 0 atom stereocenters. The topological polar surface area (TPSA) is 60.9 Å². The smallest absolute Gasteiger partial charge is 0.137 e. The minimum Gasteiger partial charge on any atom is -0.346 e. The molecule has 2 heterocycles. The first-order valence-corrected chi connectivity index (χ1v) is 3.70. The Morgan fingerprint density at radius 2 is 2.50 bits per heavy atom. The molecule has 0 aromatic carbocycles. The van der Waals surface area contributed by atoms with Crippen molar-refractivity contribution in [2.45, 2.75) is 6.54 Å². The van der Waals surface area contributed by atoms with Gasteiger partial charge >= 0.3 is 0 Å². The van der Waals surface area contributed by atoms with Crippen molar-refractivity contribution in [1.82, 2.24) is 15.4 Å². The Bertz CT molecular complexity index is 382. The van der Waals surface area contributed by atoms with Crippen molar-refractivity contribution >= 4 is 11.0 Å². The van der Waals surface area contributed by atoms with Gasteiger partial charge in [-0.3, -0.25) is 0 Å². The fourth-order valence-electron chi connectivity index (χ4n) is 1.24. The van der Waals surface area contributed by atoms with E-state index < -0.39 is 0 Å². The first-order chi connectivity index (χ1) is 5.92. The van der Waals surface area contributed by atoms with E-state index in [1.165, 1.54) is 0 Å². The third kappa shape index (κ3) is 1.07. The average Bonchev–Trinajstić information content (AvgIpc) is 2.50. The maximum Gasteiger partial charge on any atom is 0.137 e. The Labute approximate surface area is 69.2 Å². The second kappa shape index (κ2) is 2.92. The largest absolute Gasteiger partial charge is 0.346 e. The Morgan fingerprint density at radius 3 is 3.33 bits per heavy atom. The van der Waals surface area contributed by atoms with E-state index in [9.17, 15) is 0 Å². The van der Waals surface area contributed by atoms with Crippen LogP contribution in [0.1, 0.15) is 5.56 Å². The van der Waals surface area contributed by atoms with Crippen LogP contribution in [0.4, 0.5) is 0 Å². The molecule has 4 heteroatoms. The van der Waals surface area contributed by atoms with Gasteiger partial charge in [0.1, 0.15) is 5.65 Å². The number of H-pyrrole nitrogens is 1. The number of hydroxylamine groups is 1. The lowest BCUT2D eigenvalue weighted by atomic mass is 10.2. The fourth-order valence-corrected chi connectivity index (χ4v) is 1.24. The molecule has 0 fully saturated rings. The van der Waals surface area contributed by atoms with Crippen LogP contribution in [0.3, 0.4) is 0 Å². The Hall–Kier alpha value is -1.39. The number of nitrogens with one attached hydrogen (secondary N) is 2. The van der Waals surface area contributed by atoms with Crippen molar-refractivity contribution < 1.29 is 5.21 Å². The molecule has 62 valence electrons. The van der Waals surface area contributed by atoms with Crippen LogP contribution in [0, 0.1) is 0 Å². The maximum absolute atomic E-state index is 8.51. The monoisotopic (exact) mass is 163 g/mol. The second-order valence-corrected chi connectivity index (χ2v) is 2.55. The summed E-state index contributed by atoms with van der Waals surface area (Å²) in [4.78, 5) is 7.13. The van der Waals surface area contributed by atoms with Gasteiger partial charge in [0.2, 0.25) is 0 Å². The fraction of sp³-hybridized carbons (Fsp3) is 0.125. The average molecular weight is 163 g/mol. The standard InChI is InChI=1S/C8H9N3O/c12-11-5-6-4-10-8-7(6)2-1-3-9-8/h1-4,11-12H,5H2,(H,9,10). The van der Waals surface area contributed by atoms with E-state index in [0.29, 0.717) is 6.54 Å². The van der Waals surface area contributed by atoms with Crippen LogP contribution >= 0.6 is 0 Å². The van der Waals surface area contributed by atoms with E-state index in [1.54, 1.807) is 6.20 Å². The molecule has 0 aliphatic heterocycles. The highest BCUT2D eigenvalue weighted by Gasteiger charge is 2.01. The van der Waals surface area contributed by atoms with Gasteiger partial charge in [-0.2, -0.15) is 0 Å². The van der Waals surface area contributed by atoms with Crippen molar-refractivity contribution in [3.05, 3.63) is 30.1 Å². The molecule has 0 unspecified atom stereocenters. The van der Waals surface area contributed by atoms with Crippen LogP contribution in [0.2, 0.25) is 0 Å². The van der Waals surface area contributed by atoms with Crippen molar-refractivity contribution in [2.24, 2.45) is 0 Å². The number of fused-ring (bicyclic) bond motifs is 1. The van der Waals surface area contributed by atoms with E-state index >= 15 is 0 Å². The molecule has 0 aliphatic carbocycles. The summed E-state index contributed by atoms with van der Waals surface area (Å²) >= 11 is 0. The highest BCUT2D eigenvalue weighted by atomic mass is 16.5. The molecule has 0 spiro atoms. The number of hydrogen-bond acceptors (Lipinski definition) is 3. The molecule has 0 amide bonds. The zero-order valence-corrected chi connectivity index (χ0v) is 6.41. The first kappa shape index (κ1) is 7.27. The summed E-state index contributed by atoms with van der Waals surface area (Å²) in [7, 11) is 0. The summed E-state index contributed by atoms with van der Waals surface area (Å²) in [6, 6.07) is 3.84. The van der Waals surface area contributed by atoms with Gasteiger partial charge in [-0.05, 0) is 17.7 Å². The number of hydrogen-bond donors (Lipinski definition) is 3. The zero-order valence-electron chi connectivity index (χ0n) is 6.41. The van der Waals surface area contributed by atoms with Crippen LogP contribution in [0.15, 0.2) is 24.5 Å². The summed E-state index contributed by atoms with van der Waals surface area (Å²) in [6.45, 7) is 0.436. The van der Waals surface area contributed by atoms with Crippen molar-refractivity contribution in [3.8, 4) is 0 Å². The van der Waals surface area contributed by atoms with Gasteiger partial charge in [0.15, 0.2) is 0 Å². The van der Waals surface area contributed by atoms with Gasteiger partial charge in [-0.15, -0.1) is 0 Å². The van der Waals surface area contributed by atoms with Gasteiger partial charge in [0.05, 0.1) is 0 Å². The lowest BCUT2D eigenvalue weighted by molar-refractivity contribution is 0.161. The summed E-state index contributed by atoms with van der Waals surface area (Å²) < 4.78 is 0. The Balaban J connectivity index is 2.55. The molecule has 2 aromatic rings. The second-order valence-electron chi connectivity index (χ2n) is 2.55. The molecule has 0 bridgehead atoms. The molecule has 0 aliphatic rings. The Morgan fingerprint density at radius 1 is 1.58 bits per heavy atom. The SMILES string of the molecule is ONCc1c[nH]c2ncccc12. The highest BCUT2D eigenvalue weighted by molar-refractivity contribution is 5.79. The molecular weight excluding hydrogens is 154 g/mol. The van der Waals surface area contributed by atoms with E-state index in [1.807, 2.05) is 18.3 Å². The number of aromatic nitrogens is 2. The molecule has 0 saturated carbocycles. The predicted molar refractivity (Wildman–Crippen MR) is 44.7 cm³/mol. The molecule has 2 aromatic heterocycles. The highest BCUT2D eigenvalue weighted by Crippen LogP contribution is 2.14. The molecule has 2 rings (SSSR count). The van der Waals surface area contributed by atoms with Crippen LogP contribution < -0.4 is 5.48 Å². The van der Waals surface area contributed by atoms with Crippen molar-refractivity contribution in [2.75, 3.05) is 0 Å². The van der Waals surface area contributed by atoms with Gasteiger partial charge in [0.25, 0.3) is 0 Å². The maximum atomic E-state index is 8.51. The number of aromatic amines is 1. The van der Waals surface area contributed by atoms with E-state index in [4.69, 9.17) is 5.21 Å². The third-order valence-electron chi connectivity index (χ3n) is 1.81. The predicted octanol–water partition coefficient (Wildman–Crippen LogP) is 1.04. The van der Waals surface area contributed by atoms with Gasteiger partial charge in [-0.1, -0.05) is 0 Å². The van der Waals surface area contributed by atoms with Gasteiger partial charge in [-0.25, -0.2) is 10.5 Å². The van der Waals surface area contributed by atoms with E-state index in [0.717, 1.165) is 16.6 Å². The molecule has 4 nitrogen and oxygen atoms in total. The lowest BCUT2D eigenvalue weighted by Gasteiger charge is -1.94. The van der Waals surface area contributed by atoms with Crippen LogP contribution in [0.5, 0.6) is 0 Å². The van der Waals surface area contributed by atoms with Crippen LogP contribution in [-0.2, 0) is 6.54 Å². The molecule has 12 heavy (non-hydrogen) atoms. The molecular formula is C8H9N3O. The van der Waals surface area contributed by atoms with Gasteiger partial charge < -0.3 is 10.2 Å². The van der Waals surface area contributed by atoms with Gasteiger partial charge in [0, 0.05) is 24.3 Å². The van der Waals surface area contributed by atoms with Crippen molar-refractivity contribution in [1.29, 1.82) is 0 Å². The number of pyridine rings is 1. The molecule has 0 saturated heterocycles. The summed E-state index contributed by atoms with van der Waals surface area (Å²) in [6.07, 6.45) is 3.57. The molecule has 3 N–H and O–H groups in total. The Kier molecular flexibility index (Phi) is 1.77. The first-order valence-electron chi connectivity index (χ1n) is 3.70. The summed E-state index contributed by atoms with van der Waals surface area (Å²) in [5.41, 5.74) is 3.98. The summed E-state index contributed by atoms with van der Waals surface area (Å²) in [5.74, 6) is 0. The zero-order chi connectivity index (χ0) is 8.39. The molecule has 0 radical (unpaired) electrons. The van der Waals surface area contributed by atoms with Crippen molar-refractivity contribution in [3.63, 3.8) is 0 Å². The quantitative estimate of drug-likeness (QED) is 0.580. The minimum atomic E-state index is 0.436. The summed E-state index contributed by atoms with van der Waals surface area (Å²) in [5, 5.41) is 9.55. The van der Waals surface area contributed by atoms with Crippen LogP contribution in [0.25, 0.3) is 11.0 Å². The third-order valence-corrected chi connectivity index (χ3v) is 1.81. The lowest BCUT2D eigenvalue weighted by Crippen LogP contribution is -2.05. The minimum absolute atomic E-state index is 0.436. The number of nitrogens with zero attached hydrogens (tertiary/aromatic N) is 1. The van der Waals surface area contributed by atoms with Crippen LogP contribution in [-0.4, -0.2) is 15.2 Å². The normalized spacial score (nSPS) is 10.8. The van der Waals surface area contributed by atoms with E-state index in [2.05, 4.69) is 15.4 Å². The number of rotatable bonds is 2.